The summed E-state index contributed by atoms with van der Waals surface area (Å²) in [4.78, 5) is 91.0. The van der Waals surface area contributed by atoms with Gasteiger partial charge in [-0.25, -0.2) is 19.2 Å². The number of aromatic hydroxyl groups is 1. The fraction of sp³-hybridized carbons (Fsp3) is 0.578. The number of nitrogens with zero attached hydrogens (tertiary/aromatic N) is 8. The maximum atomic E-state index is 12.4. The van der Waals surface area contributed by atoms with Gasteiger partial charge in [0.15, 0.2) is 0 Å². The van der Waals surface area contributed by atoms with E-state index in [0.29, 0.717) is 54.2 Å². The maximum Gasteiger partial charge on any atom is 1.00 e. The first-order valence-electron chi connectivity index (χ1n) is 47.8. The Morgan fingerprint density at radius 1 is 0.401 bits per heavy atom. The number of carbonyl (C=O) groups is 7. The van der Waals surface area contributed by atoms with Crippen molar-refractivity contribution in [3.05, 3.63) is 145 Å². The number of benzene rings is 4. The fourth-order valence-corrected chi connectivity index (χ4v) is 18.3. The maximum absolute atomic E-state index is 12.4. The van der Waals surface area contributed by atoms with Gasteiger partial charge in [0.05, 0.1) is 59.5 Å². The van der Waals surface area contributed by atoms with Crippen molar-refractivity contribution >= 4 is 54.9 Å². The SMILES string of the molecule is C.CC(C)OC(=O)[C@H]1CCC[C@@H](O)C1.CC(C)OC(=O)[C@H]1CCC[C@H](Oc2ccc(-c3conc3COC(=O)N(C)C3CCCC3)cc2)C1.CN(C(=O)OCc1nocc1-c1ccc(B2OC(C)(C)C(C)(C)O2)cc1)C1CCCC1.CN(C(=O)OCc1nocc1-c1ccc(O)cc1)C1CCCC1.CN(C(=O)OCc1nocc1-c1ccc(O[C@H]2CCC[C@H](C(=O)O)C2)cc1)C1CCCC1.[Li+].[OH-]. The topological polar surface area (TPSA) is 420 Å². The van der Waals surface area contributed by atoms with Gasteiger partial charge in [0, 0.05) is 74.6 Å². The molecule has 8 aliphatic rings. The molecular formula is C102H140BLiN8O25. The molecule has 0 radical (unpaired) electrons. The zero-order chi connectivity index (χ0) is 95.6. The molecule has 0 unspecified atom stereocenters. The molecule has 5 heterocycles. The Morgan fingerprint density at radius 2 is 0.679 bits per heavy atom. The van der Waals surface area contributed by atoms with Crippen LogP contribution in [0.5, 0.6) is 17.2 Å². The molecule has 8 aromatic rings. The van der Waals surface area contributed by atoms with E-state index < -0.39 is 13.1 Å². The molecule has 6 atom stereocenters. The molecule has 1 aliphatic heterocycles. The van der Waals surface area contributed by atoms with Crippen LogP contribution >= 0.6 is 0 Å². The largest absolute Gasteiger partial charge is 1.00 e. The minimum absolute atomic E-state index is 0. The molecule has 35 heteroatoms. The quantitative estimate of drug-likeness (QED) is 0.0257. The second-order valence-electron chi connectivity index (χ2n) is 38.0. The Morgan fingerprint density at radius 3 is 0.978 bits per heavy atom. The van der Waals surface area contributed by atoms with E-state index >= 15 is 0 Å². The van der Waals surface area contributed by atoms with Crippen LogP contribution in [0.25, 0.3) is 44.5 Å². The monoisotopic (exact) mass is 1900 g/mol. The van der Waals surface area contributed by atoms with Crippen LogP contribution in [0.1, 0.15) is 265 Å². The number of aliphatic hydroxyl groups excluding tert-OH is 1. The summed E-state index contributed by atoms with van der Waals surface area (Å²) in [7, 11) is 6.75. The third-order valence-corrected chi connectivity index (χ3v) is 27.0. The molecule has 0 spiro atoms. The van der Waals surface area contributed by atoms with Gasteiger partial charge in [-0.1, -0.05) is 147 Å². The Labute approximate surface area is 816 Å². The molecular weight excluding hydrogens is 1750 g/mol. The third kappa shape index (κ3) is 31.3. The number of aliphatic carboxylic acids is 1. The molecule has 4 N–H and O–H groups in total. The molecule has 4 amide bonds. The van der Waals surface area contributed by atoms with Gasteiger partial charge in [0.2, 0.25) is 0 Å². The summed E-state index contributed by atoms with van der Waals surface area (Å²) < 4.78 is 77.2. The van der Waals surface area contributed by atoms with Crippen LogP contribution in [-0.2, 0) is 78.5 Å². The second kappa shape index (κ2) is 52.8. The van der Waals surface area contributed by atoms with E-state index in [-0.39, 0.29) is 184 Å². The molecule has 4 aromatic carbocycles. The number of carboxylic acid groups (broad SMARTS) is 1. The molecule has 742 valence electrons. The number of ether oxygens (including phenoxy) is 8. The summed E-state index contributed by atoms with van der Waals surface area (Å²) in [5, 5.41) is 43.9. The Balaban J connectivity index is 0.000000196. The van der Waals surface area contributed by atoms with Gasteiger partial charge in [-0.2, -0.15) is 0 Å². The van der Waals surface area contributed by atoms with Gasteiger partial charge in [-0.3, -0.25) is 14.4 Å². The first-order chi connectivity index (χ1) is 64.3. The summed E-state index contributed by atoms with van der Waals surface area (Å²) in [6, 6.07) is 30.9. The second-order valence-corrected chi connectivity index (χ2v) is 38.0. The molecule has 137 heavy (non-hydrogen) atoms. The van der Waals surface area contributed by atoms with Crippen LogP contribution < -0.4 is 33.8 Å². The first-order valence-corrected chi connectivity index (χ1v) is 47.8. The van der Waals surface area contributed by atoms with Crippen molar-refractivity contribution in [2.45, 2.75) is 335 Å². The summed E-state index contributed by atoms with van der Waals surface area (Å²) in [6.07, 6.45) is 31.3. The number of hydrogen-bond acceptors (Lipinski definition) is 28. The van der Waals surface area contributed by atoms with E-state index in [4.69, 9.17) is 65.3 Å². The number of amides is 4. The van der Waals surface area contributed by atoms with Crippen LogP contribution in [0.2, 0.25) is 0 Å². The molecule has 4 aromatic heterocycles. The summed E-state index contributed by atoms with van der Waals surface area (Å²) >= 11 is 0. The van der Waals surface area contributed by atoms with Gasteiger partial charge in [-0.15, -0.1) is 0 Å². The number of aromatic nitrogens is 4. The normalized spacial score (nSPS) is 20.0. The Kier molecular flexibility index (Phi) is 42.3. The number of esters is 2. The standard InChI is InChI=1S/C27H36N2O6.C24H30N2O6.C23H31BN2O5.C17H20N2O4.C10H18O3.CH4.Li.H2O/c1-18(2)34-26(30)20-7-6-10-23(15-20)35-22-13-11-19(12-14-22)24-16-33-28-25(24)17-32-27(31)29(3)21-8-4-5-9-21;1-26(18-6-2-3-7-18)24(29)30-15-22-21(14-31-25-22)16-9-11-19(12-10-16)32-20-8-4-5-17(13-20)23(27)28;1-22(2)23(3,4)31-24(30-22)17-12-10-16(11-13-17)19-14-29-25-20(19)15-28-21(27)26(5)18-8-6-7-9-18;1-19(13-4-2-3-5-13)17(21)22-11-16-15(10-23-18-16)12-6-8-14(20)9-7-12;1-7(2)13-10(12)8-4-3-5-9(11)6-8;;;/h11-14,16,18,20-21,23H,4-10,15,17H2,1-3H3;9-12,14,17-18,20H,2-8,13,15H2,1H3,(H,27,28);10-14,18H,6-9,15H2,1-5H3;6-10,13,20H,2-5,11H2,1H3;7-9,11H,3-6H2,1-2H3;1H4;;1H2/q;;;;;;+1;/p-1/t20-,23-;17-,20-;;;8-,9+;;;/m00..0.../s1. The predicted molar refractivity (Wildman–Crippen MR) is 505 cm³/mol. The van der Waals surface area contributed by atoms with Gasteiger partial charge < -0.3 is 106 Å². The van der Waals surface area contributed by atoms with Crippen LogP contribution in [0.15, 0.2) is 140 Å². The summed E-state index contributed by atoms with van der Waals surface area (Å²) in [5.74, 6) is 0.110. The predicted octanol–water partition coefficient (Wildman–Crippen LogP) is 17.3. The van der Waals surface area contributed by atoms with Crippen molar-refractivity contribution in [3.63, 3.8) is 0 Å². The molecule has 1 saturated heterocycles. The first kappa shape index (κ1) is 110. The van der Waals surface area contributed by atoms with Gasteiger partial charge >= 0.3 is 68.3 Å². The van der Waals surface area contributed by atoms with Crippen molar-refractivity contribution in [1.82, 2.24) is 40.2 Å². The minimum Gasteiger partial charge on any atom is -0.870 e. The molecule has 16 rings (SSSR count). The molecule has 8 fully saturated rings. The number of carboxylic acids is 1. The average Bonchev–Trinajstić information content (AvgIpc) is 1.62. The van der Waals surface area contributed by atoms with Gasteiger partial charge in [0.1, 0.15) is 91.5 Å². The zero-order valence-electron chi connectivity index (χ0n) is 81.1. The minimum atomic E-state index is -0.747. The Hall–Kier alpha value is -10.9. The fourth-order valence-electron chi connectivity index (χ4n) is 18.3. The Bertz CT molecular complexity index is 5020. The van der Waals surface area contributed by atoms with E-state index in [1.807, 2.05) is 128 Å². The van der Waals surface area contributed by atoms with Crippen LogP contribution in [0, 0.1) is 17.8 Å². The van der Waals surface area contributed by atoms with Crippen LogP contribution in [-0.4, -0.2) is 205 Å². The van der Waals surface area contributed by atoms with Gasteiger partial charge in [-0.05, 0) is 242 Å². The molecule has 33 nitrogen and oxygen atoms in total. The molecule has 7 saturated carbocycles. The third-order valence-electron chi connectivity index (χ3n) is 27.0. The molecule has 0 bridgehead atoms. The number of phenols is 1. The van der Waals surface area contributed by atoms with Crippen molar-refractivity contribution in [2.75, 3.05) is 28.2 Å². The number of carbonyl (C=O) groups excluding carboxylic acids is 6. The smallest absolute Gasteiger partial charge is 0.870 e. The number of phenolic OH excluding ortho intramolecular Hbond substituents is 1. The zero-order valence-corrected chi connectivity index (χ0v) is 81.1. The number of rotatable bonds is 26. The van der Waals surface area contributed by atoms with Crippen LogP contribution in [0.4, 0.5) is 19.2 Å². The average molecular weight is 1900 g/mol. The van der Waals surface area contributed by atoms with Crippen molar-refractivity contribution in [1.29, 1.82) is 0 Å². The summed E-state index contributed by atoms with van der Waals surface area (Å²) in [6.45, 7) is 15.8. The van der Waals surface area contributed by atoms with E-state index in [2.05, 4.69) is 20.6 Å². The summed E-state index contributed by atoms with van der Waals surface area (Å²) in [5.41, 5.74) is 9.12. The van der Waals surface area contributed by atoms with E-state index in [1.165, 1.54) is 12.5 Å². The van der Waals surface area contributed by atoms with E-state index in [0.717, 1.165) is 210 Å². The van der Waals surface area contributed by atoms with Crippen molar-refractivity contribution in [3.8, 4) is 61.8 Å². The number of hydrogen-bond donors (Lipinski definition) is 3. The van der Waals surface area contributed by atoms with E-state index in [1.54, 1.807) is 84.6 Å². The van der Waals surface area contributed by atoms with E-state index in [9.17, 15) is 48.9 Å². The van der Waals surface area contributed by atoms with Gasteiger partial charge in [0.25, 0.3) is 0 Å². The number of aliphatic hydroxyl groups is 1. The van der Waals surface area contributed by atoms with Crippen molar-refractivity contribution in [2.24, 2.45) is 17.8 Å². The van der Waals surface area contributed by atoms with Crippen molar-refractivity contribution < 1.29 is 139 Å². The van der Waals surface area contributed by atoms with Crippen LogP contribution in [0.3, 0.4) is 0 Å². The molecule has 7 aliphatic carbocycles.